The van der Waals surface area contributed by atoms with Crippen molar-refractivity contribution in [3.05, 3.63) is 52.0 Å². The van der Waals surface area contributed by atoms with Crippen LogP contribution in [0.2, 0.25) is 10.0 Å². The van der Waals surface area contributed by atoms with Crippen LogP contribution in [0.1, 0.15) is 29.6 Å². The zero-order chi connectivity index (χ0) is 19.3. The number of ether oxygens (including phenoxy) is 1. The number of hydrogen-bond donors (Lipinski definition) is 0. The van der Waals surface area contributed by atoms with Crippen molar-refractivity contribution < 1.29 is 13.9 Å². The fourth-order valence-electron chi connectivity index (χ4n) is 4.20. The van der Waals surface area contributed by atoms with Gasteiger partial charge in [-0.1, -0.05) is 23.2 Å². The number of fused-ring (bicyclic) bond motifs is 2. The van der Waals surface area contributed by atoms with Gasteiger partial charge in [-0.15, -0.1) is 0 Å². The molecule has 0 aliphatic carbocycles. The van der Waals surface area contributed by atoms with E-state index in [0.717, 1.165) is 19.5 Å². The second-order valence-electron chi connectivity index (χ2n) is 7.41. The van der Waals surface area contributed by atoms with E-state index < -0.39 is 0 Å². The molecule has 28 heavy (non-hydrogen) atoms. The molecule has 0 spiro atoms. The van der Waals surface area contributed by atoms with Gasteiger partial charge in [0, 0.05) is 34.6 Å². The third-order valence-electron chi connectivity index (χ3n) is 5.48. The van der Waals surface area contributed by atoms with Gasteiger partial charge in [0.2, 0.25) is 5.89 Å². The van der Waals surface area contributed by atoms with E-state index in [1.54, 1.807) is 36.4 Å². The molecule has 2 aromatic carbocycles. The molecule has 144 valence electrons. The van der Waals surface area contributed by atoms with Crippen LogP contribution in [0.5, 0.6) is 0 Å². The summed E-state index contributed by atoms with van der Waals surface area (Å²) in [5.41, 5.74) is 2.33. The van der Waals surface area contributed by atoms with Crippen LogP contribution in [-0.2, 0) is 4.74 Å². The van der Waals surface area contributed by atoms with Crippen LogP contribution in [0.15, 0.2) is 40.8 Å². The Bertz CT molecular complexity index is 1030. The molecule has 0 amide bonds. The van der Waals surface area contributed by atoms with Crippen LogP contribution in [0.3, 0.4) is 0 Å². The molecule has 2 aliphatic heterocycles. The minimum atomic E-state index is -0.322. The Morgan fingerprint density at radius 2 is 2.00 bits per heavy atom. The zero-order valence-electron chi connectivity index (χ0n) is 15.0. The fraction of sp³-hybridized carbons (Fsp3) is 0.333. The molecule has 0 saturated carbocycles. The number of oxazole rings is 1. The van der Waals surface area contributed by atoms with E-state index in [-0.39, 0.29) is 12.1 Å². The van der Waals surface area contributed by atoms with E-state index >= 15 is 0 Å². The second-order valence-corrected chi connectivity index (χ2v) is 8.29. The maximum absolute atomic E-state index is 12.6. The summed E-state index contributed by atoms with van der Waals surface area (Å²) in [6.07, 6.45) is 3.34. The molecule has 2 fully saturated rings. The molecule has 0 N–H and O–H groups in total. The Morgan fingerprint density at radius 3 is 2.79 bits per heavy atom. The van der Waals surface area contributed by atoms with Crippen LogP contribution >= 0.6 is 23.2 Å². The Morgan fingerprint density at radius 1 is 1.18 bits per heavy atom. The first-order valence-electron chi connectivity index (χ1n) is 9.37. The van der Waals surface area contributed by atoms with Gasteiger partial charge in [0.25, 0.3) is 0 Å². The summed E-state index contributed by atoms with van der Waals surface area (Å²) in [5.74, 6) is 0.0816. The predicted octanol–water partition coefficient (Wildman–Crippen LogP) is 5.20. The van der Waals surface area contributed by atoms with Gasteiger partial charge in [0.15, 0.2) is 5.58 Å². The lowest BCUT2D eigenvalue weighted by Gasteiger charge is -2.13. The monoisotopic (exact) mass is 416 g/mol. The fourth-order valence-corrected chi connectivity index (χ4v) is 4.73. The first-order chi connectivity index (χ1) is 13.5. The highest BCUT2D eigenvalue weighted by atomic mass is 35.5. The zero-order valence-corrected chi connectivity index (χ0v) is 16.5. The lowest BCUT2D eigenvalue weighted by molar-refractivity contribution is 0.0320. The van der Waals surface area contributed by atoms with E-state index in [1.165, 1.54) is 12.8 Å². The van der Waals surface area contributed by atoms with Crippen molar-refractivity contribution in [1.29, 1.82) is 0 Å². The van der Waals surface area contributed by atoms with Crippen LogP contribution < -0.4 is 0 Å². The Kier molecular flexibility index (Phi) is 4.54. The average molecular weight is 417 g/mol. The highest BCUT2D eigenvalue weighted by molar-refractivity contribution is 6.35. The van der Waals surface area contributed by atoms with Crippen molar-refractivity contribution >= 4 is 40.3 Å². The van der Waals surface area contributed by atoms with Crippen molar-refractivity contribution in [2.24, 2.45) is 0 Å². The van der Waals surface area contributed by atoms with Gasteiger partial charge < -0.3 is 9.15 Å². The standard InChI is InChI=1S/C21H18Cl2N2O3/c22-14-6-13(7-15(23)9-14)20-24-18-4-3-12(8-19(18)28-20)21(26)27-17-10-16-2-1-5-25(16)11-17/h3-4,6-9,16-17H,1-2,5,10-11H2. The SMILES string of the molecule is O=C(OC1CC2CCCN2C1)c1ccc2nc(-c3cc(Cl)cc(Cl)c3)oc2c1. The van der Waals surface area contributed by atoms with Gasteiger partial charge >= 0.3 is 5.97 Å². The van der Waals surface area contributed by atoms with Crippen molar-refractivity contribution in [3.63, 3.8) is 0 Å². The maximum atomic E-state index is 12.6. The highest BCUT2D eigenvalue weighted by Crippen LogP contribution is 2.31. The minimum absolute atomic E-state index is 0.0348. The van der Waals surface area contributed by atoms with Gasteiger partial charge in [0.1, 0.15) is 11.6 Å². The summed E-state index contributed by atoms with van der Waals surface area (Å²) in [6.45, 7) is 1.94. The third kappa shape index (κ3) is 3.39. The maximum Gasteiger partial charge on any atom is 0.338 e. The summed E-state index contributed by atoms with van der Waals surface area (Å²) >= 11 is 12.1. The Labute approximate surface area is 172 Å². The molecule has 5 nitrogen and oxygen atoms in total. The molecule has 2 saturated heterocycles. The van der Waals surface area contributed by atoms with E-state index in [0.29, 0.717) is 44.2 Å². The Balaban J connectivity index is 1.36. The lowest BCUT2D eigenvalue weighted by atomic mass is 10.1. The predicted molar refractivity (Wildman–Crippen MR) is 108 cm³/mol. The van der Waals surface area contributed by atoms with Crippen LogP contribution in [0, 0.1) is 0 Å². The molecule has 2 atom stereocenters. The van der Waals surface area contributed by atoms with E-state index in [4.69, 9.17) is 32.4 Å². The minimum Gasteiger partial charge on any atom is -0.457 e. The highest BCUT2D eigenvalue weighted by Gasteiger charge is 2.37. The number of esters is 1. The van der Waals surface area contributed by atoms with Crippen LogP contribution in [-0.4, -0.2) is 41.1 Å². The molecule has 0 radical (unpaired) electrons. The quantitative estimate of drug-likeness (QED) is 0.549. The largest absolute Gasteiger partial charge is 0.457 e. The first-order valence-corrected chi connectivity index (χ1v) is 10.1. The number of rotatable bonds is 3. The summed E-state index contributed by atoms with van der Waals surface area (Å²) < 4.78 is 11.6. The lowest BCUT2D eigenvalue weighted by Crippen LogP contribution is -2.25. The summed E-state index contributed by atoms with van der Waals surface area (Å²) in [4.78, 5) is 19.5. The molecule has 3 heterocycles. The molecule has 3 aromatic rings. The van der Waals surface area contributed by atoms with Gasteiger partial charge in [-0.25, -0.2) is 9.78 Å². The van der Waals surface area contributed by atoms with Crippen molar-refractivity contribution in [1.82, 2.24) is 9.88 Å². The van der Waals surface area contributed by atoms with Crippen molar-refractivity contribution in [3.8, 4) is 11.5 Å². The third-order valence-corrected chi connectivity index (χ3v) is 5.92. The topological polar surface area (TPSA) is 55.6 Å². The molecule has 1 aromatic heterocycles. The molecule has 7 heteroatoms. The number of nitrogens with zero attached hydrogens (tertiary/aromatic N) is 2. The second kappa shape index (κ2) is 7.07. The smallest absolute Gasteiger partial charge is 0.338 e. The van der Waals surface area contributed by atoms with Gasteiger partial charge in [0.05, 0.1) is 5.56 Å². The molecule has 5 rings (SSSR count). The molecular formula is C21H18Cl2N2O3. The number of aromatic nitrogens is 1. The number of carbonyl (C=O) groups excluding carboxylic acids is 1. The summed E-state index contributed by atoms with van der Waals surface area (Å²) in [5, 5.41) is 1.01. The molecule has 2 unspecified atom stereocenters. The van der Waals surface area contributed by atoms with Gasteiger partial charge in [-0.2, -0.15) is 0 Å². The molecule has 2 aliphatic rings. The first kappa shape index (κ1) is 18.0. The Hall–Kier alpha value is -2.08. The number of halogens is 2. The summed E-state index contributed by atoms with van der Waals surface area (Å²) in [6, 6.07) is 10.9. The summed E-state index contributed by atoms with van der Waals surface area (Å²) in [7, 11) is 0. The van der Waals surface area contributed by atoms with E-state index in [9.17, 15) is 4.79 Å². The average Bonchev–Trinajstić information content (AvgIpc) is 3.34. The van der Waals surface area contributed by atoms with Gasteiger partial charge in [-0.3, -0.25) is 4.90 Å². The van der Waals surface area contributed by atoms with E-state index in [1.807, 2.05) is 0 Å². The normalized spacial score (nSPS) is 21.9. The van der Waals surface area contributed by atoms with Gasteiger partial charge in [-0.05, 0) is 55.8 Å². The van der Waals surface area contributed by atoms with Crippen LogP contribution in [0.25, 0.3) is 22.6 Å². The van der Waals surface area contributed by atoms with Crippen molar-refractivity contribution in [2.75, 3.05) is 13.1 Å². The number of benzene rings is 2. The number of carbonyl (C=O) groups is 1. The van der Waals surface area contributed by atoms with Crippen LogP contribution in [0.4, 0.5) is 0 Å². The molecule has 0 bridgehead atoms. The van der Waals surface area contributed by atoms with E-state index in [2.05, 4.69) is 9.88 Å². The van der Waals surface area contributed by atoms with Crippen molar-refractivity contribution in [2.45, 2.75) is 31.4 Å². The molecular weight excluding hydrogens is 399 g/mol. The number of hydrogen-bond acceptors (Lipinski definition) is 5.